The smallest absolute Gasteiger partial charge is 0.312 e. The van der Waals surface area contributed by atoms with Crippen molar-refractivity contribution in [3.8, 4) is 0 Å². The number of nitrogens with zero attached hydrogens (tertiary/aromatic N) is 1. The second-order valence-electron chi connectivity index (χ2n) is 7.21. The molecule has 1 heterocycles. The number of esters is 1. The average Bonchev–Trinajstić information content (AvgIpc) is 2.80. The highest BCUT2D eigenvalue weighted by Gasteiger charge is 2.29. The molecule has 4 rings (SSSR count). The van der Waals surface area contributed by atoms with Crippen LogP contribution in [0.5, 0.6) is 0 Å². The van der Waals surface area contributed by atoms with E-state index in [9.17, 15) is 14.4 Å². The van der Waals surface area contributed by atoms with Crippen LogP contribution in [-0.4, -0.2) is 24.5 Å². The summed E-state index contributed by atoms with van der Waals surface area (Å²) in [5.74, 6) is -1.06. The van der Waals surface area contributed by atoms with E-state index in [0.717, 1.165) is 21.2 Å². The first kappa shape index (κ1) is 22.7. The Morgan fingerprint density at radius 2 is 1.52 bits per heavy atom. The molecule has 3 N–H and O–H groups in total. The van der Waals surface area contributed by atoms with E-state index >= 15 is 0 Å². The van der Waals surface area contributed by atoms with E-state index < -0.39 is 24.6 Å². The number of nitrogens with one attached hydrogen (secondary N) is 1. The van der Waals surface area contributed by atoms with Gasteiger partial charge < -0.3 is 15.8 Å². The molecule has 0 saturated carbocycles. The zero-order chi connectivity index (χ0) is 23.4. The number of para-hydroxylation sites is 2. The van der Waals surface area contributed by atoms with Gasteiger partial charge in [-0.05, 0) is 35.9 Å². The van der Waals surface area contributed by atoms with Crippen molar-refractivity contribution >= 4 is 52.6 Å². The summed E-state index contributed by atoms with van der Waals surface area (Å²) in [6.45, 7) is -0.460. The Balaban J connectivity index is 1.48. The Morgan fingerprint density at radius 3 is 2.12 bits per heavy atom. The van der Waals surface area contributed by atoms with Crippen molar-refractivity contribution in [2.75, 3.05) is 11.5 Å². The first-order chi connectivity index (χ1) is 15.9. The van der Waals surface area contributed by atoms with Crippen molar-refractivity contribution < 1.29 is 19.1 Å². The fraction of sp³-hybridized carbons (Fsp3) is 0.125. The molecule has 0 bridgehead atoms. The minimum Gasteiger partial charge on any atom is -0.455 e. The molecule has 0 unspecified atom stereocenters. The topological polar surface area (TPSA) is 102 Å². The average molecular weight is 482 g/mol. The molecule has 3 aromatic carbocycles. The van der Waals surface area contributed by atoms with Crippen molar-refractivity contribution in [3.63, 3.8) is 0 Å². The third-order valence-corrected chi connectivity index (χ3v) is 6.48. The van der Waals surface area contributed by atoms with Gasteiger partial charge >= 0.3 is 12.0 Å². The number of primary amides is 1. The summed E-state index contributed by atoms with van der Waals surface area (Å²) in [6, 6.07) is 20.3. The number of urea groups is 1. The number of hydrogen-bond acceptors (Lipinski definition) is 5. The van der Waals surface area contributed by atoms with Crippen LogP contribution in [0.4, 0.5) is 16.2 Å². The Hall–Kier alpha value is -3.49. The summed E-state index contributed by atoms with van der Waals surface area (Å²) < 4.78 is 5.29. The third kappa shape index (κ3) is 5.13. The van der Waals surface area contributed by atoms with Gasteiger partial charge in [0.2, 0.25) is 0 Å². The molecule has 0 fully saturated rings. The van der Waals surface area contributed by atoms with Crippen LogP contribution in [-0.2, 0) is 14.3 Å². The predicted octanol–water partition coefficient (Wildman–Crippen LogP) is 4.81. The lowest BCUT2D eigenvalue weighted by Crippen LogP contribution is -2.36. The van der Waals surface area contributed by atoms with Gasteiger partial charge in [-0.2, -0.15) is 0 Å². The number of benzene rings is 3. The minimum absolute atomic E-state index is 0.233. The maximum atomic E-state index is 13.1. The van der Waals surface area contributed by atoms with Gasteiger partial charge in [0.05, 0.1) is 23.8 Å². The monoisotopic (exact) mass is 481 g/mol. The zero-order valence-electron chi connectivity index (χ0n) is 17.4. The largest absolute Gasteiger partial charge is 0.455 e. The second-order valence-corrected chi connectivity index (χ2v) is 8.71. The Morgan fingerprint density at radius 1 is 0.939 bits per heavy atom. The number of ether oxygens (including phenoxy) is 1. The lowest BCUT2D eigenvalue weighted by molar-refractivity contribution is -0.148. The van der Waals surface area contributed by atoms with Gasteiger partial charge in [0, 0.05) is 14.8 Å². The van der Waals surface area contributed by atoms with Crippen LogP contribution in [0.25, 0.3) is 0 Å². The molecule has 1 atom stereocenters. The van der Waals surface area contributed by atoms with E-state index in [4.69, 9.17) is 22.1 Å². The Labute approximate surface area is 199 Å². The van der Waals surface area contributed by atoms with Crippen LogP contribution < -0.4 is 16.0 Å². The van der Waals surface area contributed by atoms with Crippen molar-refractivity contribution in [1.82, 2.24) is 5.32 Å². The van der Waals surface area contributed by atoms with Gasteiger partial charge in [-0.1, -0.05) is 65.8 Å². The van der Waals surface area contributed by atoms with Gasteiger partial charge in [0.25, 0.3) is 5.91 Å². The number of amides is 3. The van der Waals surface area contributed by atoms with E-state index in [0.29, 0.717) is 10.6 Å². The molecule has 3 amide bonds. The molecule has 168 valence electrons. The summed E-state index contributed by atoms with van der Waals surface area (Å²) in [5.41, 5.74) is 7.24. The Bertz CT molecular complexity index is 1170. The maximum Gasteiger partial charge on any atom is 0.312 e. The molecule has 0 saturated heterocycles. The molecule has 33 heavy (non-hydrogen) atoms. The first-order valence-electron chi connectivity index (χ1n) is 10.1. The molecule has 1 aliphatic heterocycles. The van der Waals surface area contributed by atoms with Crippen molar-refractivity contribution in [2.24, 2.45) is 5.73 Å². The Kier molecular flexibility index (Phi) is 6.86. The quantitative estimate of drug-likeness (QED) is 0.492. The van der Waals surface area contributed by atoms with E-state index in [-0.39, 0.29) is 12.3 Å². The number of fused-ring (bicyclic) bond motifs is 2. The molecule has 0 aliphatic carbocycles. The molecule has 1 aliphatic rings. The SMILES string of the molecule is NC(=O)N[C@@H](CC(=O)OCC(=O)N1c2ccccc2Sc2ccccc21)c1ccccc1Cl. The summed E-state index contributed by atoms with van der Waals surface area (Å²) in [5, 5.41) is 2.87. The van der Waals surface area contributed by atoms with Crippen LogP contribution in [0, 0.1) is 0 Å². The number of halogens is 1. The number of carbonyl (C=O) groups is 3. The summed E-state index contributed by atoms with van der Waals surface area (Å²) in [6.07, 6.45) is -0.233. The summed E-state index contributed by atoms with van der Waals surface area (Å²) in [7, 11) is 0. The highest BCUT2D eigenvalue weighted by atomic mass is 35.5. The van der Waals surface area contributed by atoms with Gasteiger partial charge in [-0.25, -0.2) is 4.79 Å². The number of carbonyl (C=O) groups excluding carboxylic acids is 3. The molecular formula is C24H20ClN3O4S. The van der Waals surface area contributed by atoms with Crippen LogP contribution in [0.1, 0.15) is 18.0 Å². The molecule has 0 radical (unpaired) electrons. The van der Waals surface area contributed by atoms with Gasteiger partial charge in [0.15, 0.2) is 6.61 Å². The van der Waals surface area contributed by atoms with E-state index in [1.807, 2.05) is 48.5 Å². The second kappa shape index (κ2) is 9.97. The lowest BCUT2D eigenvalue weighted by atomic mass is 10.0. The number of hydrogen-bond donors (Lipinski definition) is 2. The minimum atomic E-state index is -0.803. The summed E-state index contributed by atoms with van der Waals surface area (Å²) in [4.78, 5) is 40.6. The maximum absolute atomic E-state index is 13.1. The highest BCUT2D eigenvalue weighted by molar-refractivity contribution is 7.99. The van der Waals surface area contributed by atoms with Crippen LogP contribution in [0.3, 0.4) is 0 Å². The number of anilines is 2. The molecule has 3 aromatic rings. The van der Waals surface area contributed by atoms with Gasteiger partial charge in [-0.15, -0.1) is 0 Å². The number of nitrogens with two attached hydrogens (primary N) is 1. The van der Waals surface area contributed by atoms with Gasteiger partial charge in [-0.3, -0.25) is 14.5 Å². The van der Waals surface area contributed by atoms with Crippen LogP contribution in [0.15, 0.2) is 82.6 Å². The fourth-order valence-electron chi connectivity index (χ4n) is 3.57. The van der Waals surface area contributed by atoms with Crippen molar-refractivity contribution in [2.45, 2.75) is 22.3 Å². The van der Waals surface area contributed by atoms with Crippen molar-refractivity contribution in [1.29, 1.82) is 0 Å². The van der Waals surface area contributed by atoms with Crippen LogP contribution in [0.2, 0.25) is 5.02 Å². The first-order valence-corrected chi connectivity index (χ1v) is 11.3. The molecule has 7 nitrogen and oxygen atoms in total. The van der Waals surface area contributed by atoms with E-state index in [1.54, 1.807) is 40.9 Å². The number of rotatable bonds is 6. The molecule has 0 spiro atoms. The van der Waals surface area contributed by atoms with E-state index in [2.05, 4.69) is 5.32 Å². The van der Waals surface area contributed by atoms with Gasteiger partial charge in [0.1, 0.15) is 0 Å². The van der Waals surface area contributed by atoms with Crippen LogP contribution >= 0.6 is 23.4 Å². The lowest BCUT2D eigenvalue weighted by Gasteiger charge is -2.30. The van der Waals surface area contributed by atoms with E-state index in [1.165, 1.54) is 0 Å². The highest BCUT2D eigenvalue weighted by Crippen LogP contribution is 2.47. The molecule has 9 heteroatoms. The summed E-state index contributed by atoms with van der Waals surface area (Å²) >= 11 is 7.78. The normalized spacial score (nSPS) is 12.8. The predicted molar refractivity (Wildman–Crippen MR) is 127 cm³/mol. The third-order valence-electron chi connectivity index (χ3n) is 5.01. The fourth-order valence-corrected chi connectivity index (χ4v) is 4.90. The standard InChI is InChI=1S/C24H20ClN3O4S/c25-16-8-2-1-7-15(16)17(27-24(26)31)13-23(30)32-14-22(29)28-18-9-3-5-11-20(18)33-21-12-6-4-10-19(21)28/h1-12,17H,13-14H2,(H3,26,27,31)/t17-/m0/s1. The zero-order valence-corrected chi connectivity index (χ0v) is 18.9. The molecule has 0 aromatic heterocycles. The van der Waals surface area contributed by atoms with Crippen molar-refractivity contribution in [3.05, 3.63) is 83.4 Å². The molecular weight excluding hydrogens is 462 g/mol.